The molecular weight excluding hydrogens is 448 g/mol. The first-order valence-corrected chi connectivity index (χ1v) is 12.5. The highest BCUT2D eigenvalue weighted by Gasteiger charge is 2.29. The second-order valence-corrected chi connectivity index (χ2v) is 9.84. The SMILES string of the molecule is CCOCC1CCN(S(=O)(=O)NC(=O)c2coc(Nc3cc(C(C)C)ccc3C)n2)CCO1. The van der Waals surface area contributed by atoms with Crippen LogP contribution in [0.5, 0.6) is 0 Å². The van der Waals surface area contributed by atoms with Crippen LogP contribution in [0, 0.1) is 6.92 Å². The summed E-state index contributed by atoms with van der Waals surface area (Å²) in [6.45, 7) is 9.58. The Morgan fingerprint density at radius 2 is 2.12 bits per heavy atom. The van der Waals surface area contributed by atoms with E-state index in [0.717, 1.165) is 23.1 Å². The van der Waals surface area contributed by atoms with E-state index in [9.17, 15) is 13.2 Å². The molecule has 0 radical (unpaired) electrons. The summed E-state index contributed by atoms with van der Waals surface area (Å²) < 4.78 is 45.0. The Balaban J connectivity index is 1.63. The number of nitrogens with zero attached hydrogens (tertiary/aromatic N) is 2. The van der Waals surface area contributed by atoms with Crippen LogP contribution in [0.4, 0.5) is 11.7 Å². The molecule has 1 saturated heterocycles. The van der Waals surface area contributed by atoms with Gasteiger partial charge >= 0.3 is 10.2 Å². The molecule has 33 heavy (non-hydrogen) atoms. The fraction of sp³-hybridized carbons (Fsp3) is 0.545. The van der Waals surface area contributed by atoms with Crippen molar-refractivity contribution in [1.82, 2.24) is 14.0 Å². The van der Waals surface area contributed by atoms with Gasteiger partial charge in [0.15, 0.2) is 5.69 Å². The van der Waals surface area contributed by atoms with E-state index < -0.39 is 16.1 Å². The van der Waals surface area contributed by atoms with Crippen LogP contribution >= 0.6 is 0 Å². The molecule has 0 aliphatic carbocycles. The first-order chi connectivity index (χ1) is 15.7. The van der Waals surface area contributed by atoms with Gasteiger partial charge in [0, 0.05) is 25.4 Å². The molecule has 2 aromatic rings. The molecule has 182 valence electrons. The highest BCUT2D eigenvalue weighted by Crippen LogP contribution is 2.25. The van der Waals surface area contributed by atoms with E-state index in [1.165, 1.54) is 4.31 Å². The Kier molecular flexibility index (Phi) is 8.46. The molecule has 0 bridgehead atoms. The zero-order chi connectivity index (χ0) is 24.0. The maximum atomic E-state index is 12.7. The third kappa shape index (κ3) is 6.76. The van der Waals surface area contributed by atoms with Gasteiger partial charge in [-0.15, -0.1) is 0 Å². The first kappa shape index (κ1) is 25.2. The predicted octanol–water partition coefficient (Wildman–Crippen LogP) is 2.95. The number of oxazole rings is 1. The molecule has 3 rings (SSSR count). The van der Waals surface area contributed by atoms with Crippen molar-refractivity contribution in [2.45, 2.75) is 46.1 Å². The van der Waals surface area contributed by atoms with Crippen LogP contribution in [-0.4, -0.2) is 62.6 Å². The number of amides is 1. The zero-order valence-electron chi connectivity index (χ0n) is 19.5. The molecule has 11 heteroatoms. The van der Waals surface area contributed by atoms with Crippen molar-refractivity contribution in [3.63, 3.8) is 0 Å². The fourth-order valence-electron chi connectivity index (χ4n) is 3.34. The molecular formula is C22H32N4O6S. The summed E-state index contributed by atoms with van der Waals surface area (Å²) in [5.74, 6) is -0.517. The van der Waals surface area contributed by atoms with Crippen LogP contribution in [0.25, 0.3) is 0 Å². The van der Waals surface area contributed by atoms with Gasteiger partial charge in [-0.3, -0.25) is 4.79 Å². The fourth-order valence-corrected chi connectivity index (χ4v) is 4.47. The van der Waals surface area contributed by atoms with Crippen LogP contribution in [-0.2, 0) is 19.7 Å². The van der Waals surface area contributed by atoms with Crippen LogP contribution in [0.2, 0.25) is 0 Å². The quantitative estimate of drug-likeness (QED) is 0.562. The van der Waals surface area contributed by atoms with Gasteiger partial charge < -0.3 is 19.2 Å². The van der Waals surface area contributed by atoms with E-state index in [2.05, 4.69) is 34.9 Å². The summed E-state index contributed by atoms with van der Waals surface area (Å²) in [7, 11) is -4.06. The normalized spacial score (nSPS) is 17.7. The lowest BCUT2D eigenvalue weighted by Gasteiger charge is -2.19. The van der Waals surface area contributed by atoms with Crippen LogP contribution in [0.15, 0.2) is 28.9 Å². The maximum Gasteiger partial charge on any atom is 0.304 e. The number of nitrogens with one attached hydrogen (secondary N) is 2. The zero-order valence-corrected chi connectivity index (χ0v) is 20.3. The predicted molar refractivity (Wildman–Crippen MR) is 124 cm³/mol. The van der Waals surface area contributed by atoms with Crippen molar-refractivity contribution in [2.75, 3.05) is 38.2 Å². The Labute approximate surface area is 194 Å². The molecule has 10 nitrogen and oxygen atoms in total. The molecule has 1 amide bonds. The number of aryl methyl sites for hydroxylation is 1. The maximum absolute atomic E-state index is 12.7. The minimum Gasteiger partial charge on any atom is -0.431 e. The molecule has 2 N–H and O–H groups in total. The summed E-state index contributed by atoms with van der Waals surface area (Å²) in [4.78, 5) is 16.7. The summed E-state index contributed by atoms with van der Waals surface area (Å²) >= 11 is 0. The second-order valence-electron chi connectivity index (χ2n) is 8.17. The van der Waals surface area contributed by atoms with E-state index in [-0.39, 0.29) is 37.5 Å². The van der Waals surface area contributed by atoms with E-state index in [1.54, 1.807) is 0 Å². The average molecular weight is 481 g/mol. The molecule has 0 spiro atoms. The molecule has 2 heterocycles. The number of rotatable bonds is 9. The third-order valence-electron chi connectivity index (χ3n) is 5.37. The van der Waals surface area contributed by atoms with Gasteiger partial charge in [-0.2, -0.15) is 17.7 Å². The lowest BCUT2D eigenvalue weighted by molar-refractivity contribution is -0.00687. The van der Waals surface area contributed by atoms with Gasteiger partial charge in [0.05, 0.1) is 19.3 Å². The number of ether oxygens (including phenoxy) is 2. The van der Waals surface area contributed by atoms with Gasteiger partial charge in [-0.1, -0.05) is 26.0 Å². The van der Waals surface area contributed by atoms with E-state index in [4.69, 9.17) is 13.9 Å². The van der Waals surface area contributed by atoms with Gasteiger partial charge in [0.25, 0.3) is 11.9 Å². The van der Waals surface area contributed by atoms with Gasteiger partial charge in [0.2, 0.25) is 0 Å². The van der Waals surface area contributed by atoms with Crippen molar-refractivity contribution < 1.29 is 27.1 Å². The van der Waals surface area contributed by atoms with Gasteiger partial charge in [-0.25, -0.2) is 4.72 Å². The summed E-state index contributed by atoms with van der Waals surface area (Å²) in [6.07, 6.45) is 1.42. The number of carbonyl (C=O) groups is 1. The Morgan fingerprint density at radius 3 is 2.85 bits per heavy atom. The highest BCUT2D eigenvalue weighted by atomic mass is 32.2. The van der Waals surface area contributed by atoms with Crippen LogP contribution in [0.1, 0.15) is 54.7 Å². The molecule has 1 aromatic heterocycles. The smallest absolute Gasteiger partial charge is 0.304 e. The third-order valence-corrected chi connectivity index (χ3v) is 6.86. The average Bonchev–Trinajstić information content (AvgIpc) is 3.09. The summed E-state index contributed by atoms with van der Waals surface area (Å²) in [5.41, 5.74) is 2.79. The van der Waals surface area contributed by atoms with Crippen molar-refractivity contribution in [1.29, 1.82) is 0 Å². The van der Waals surface area contributed by atoms with Gasteiger partial charge in [-0.05, 0) is 43.4 Å². The van der Waals surface area contributed by atoms with Crippen molar-refractivity contribution in [3.05, 3.63) is 41.3 Å². The molecule has 1 aromatic carbocycles. The van der Waals surface area contributed by atoms with Crippen molar-refractivity contribution in [2.24, 2.45) is 0 Å². The number of hydrogen-bond acceptors (Lipinski definition) is 8. The topological polar surface area (TPSA) is 123 Å². The number of hydrogen-bond donors (Lipinski definition) is 2. The van der Waals surface area contributed by atoms with Gasteiger partial charge in [0.1, 0.15) is 6.26 Å². The molecule has 1 atom stereocenters. The molecule has 0 saturated carbocycles. The Bertz CT molecular complexity index is 1050. The Hall–Kier alpha value is -2.47. The number of benzene rings is 1. The monoisotopic (exact) mass is 480 g/mol. The lowest BCUT2D eigenvalue weighted by atomic mass is 10.0. The highest BCUT2D eigenvalue weighted by molar-refractivity contribution is 7.87. The van der Waals surface area contributed by atoms with Crippen LogP contribution < -0.4 is 10.0 Å². The first-order valence-electron chi connectivity index (χ1n) is 11.0. The number of carbonyl (C=O) groups excluding carboxylic acids is 1. The van der Waals surface area contributed by atoms with Crippen LogP contribution in [0.3, 0.4) is 0 Å². The lowest BCUT2D eigenvalue weighted by Crippen LogP contribution is -2.44. The summed E-state index contributed by atoms with van der Waals surface area (Å²) in [6, 6.07) is 6.14. The Morgan fingerprint density at radius 1 is 1.33 bits per heavy atom. The van der Waals surface area contributed by atoms with E-state index in [0.29, 0.717) is 25.6 Å². The molecule has 1 fully saturated rings. The standard InChI is InChI=1S/C22H32N4O6S/c1-5-30-13-18-8-9-26(10-11-31-18)33(28,29)25-21(27)20-14-32-22(24-20)23-19-12-17(15(2)3)7-6-16(19)4/h6-7,12,14-15,18H,5,8-11,13H2,1-4H3,(H,23,24)(H,25,27). The van der Waals surface area contributed by atoms with E-state index in [1.807, 2.05) is 26.0 Å². The number of aromatic nitrogens is 1. The minimum absolute atomic E-state index is 0.100. The minimum atomic E-state index is -4.06. The molecule has 1 aliphatic rings. The molecule has 1 unspecified atom stereocenters. The largest absolute Gasteiger partial charge is 0.431 e. The molecule has 1 aliphatic heterocycles. The number of anilines is 2. The van der Waals surface area contributed by atoms with Crippen molar-refractivity contribution in [3.8, 4) is 0 Å². The van der Waals surface area contributed by atoms with E-state index >= 15 is 0 Å². The van der Waals surface area contributed by atoms with Crippen molar-refractivity contribution >= 4 is 27.8 Å². The summed E-state index contributed by atoms with van der Waals surface area (Å²) in [5, 5.41) is 3.05. The second kappa shape index (κ2) is 11.1.